The van der Waals surface area contributed by atoms with E-state index >= 15 is 0 Å². The summed E-state index contributed by atoms with van der Waals surface area (Å²) in [6.45, 7) is 1.48. The summed E-state index contributed by atoms with van der Waals surface area (Å²) in [5, 5.41) is 0.0378. The van der Waals surface area contributed by atoms with Gasteiger partial charge in [-0.3, -0.25) is 9.59 Å². The molecule has 18 heavy (non-hydrogen) atoms. The van der Waals surface area contributed by atoms with E-state index in [0.29, 0.717) is 17.7 Å². The van der Waals surface area contributed by atoms with Crippen molar-refractivity contribution in [3.63, 3.8) is 0 Å². The van der Waals surface area contributed by atoms with Gasteiger partial charge in [-0.25, -0.2) is 8.78 Å². The maximum Gasteiger partial charge on any atom is 0.185 e. The Morgan fingerprint density at radius 1 is 1.33 bits per heavy atom. The lowest BCUT2D eigenvalue weighted by Gasteiger charge is -1.99. The van der Waals surface area contributed by atoms with E-state index in [2.05, 4.69) is 0 Å². The van der Waals surface area contributed by atoms with Crippen LogP contribution in [0.3, 0.4) is 0 Å². The van der Waals surface area contributed by atoms with Crippen molar-refractivity contribution in [2.75, 3.05) is 5.75 Å². The van der Waals surface area contributed by atoms with Gasteiger partial charge in [-0.1, -0.05) is 23.9 Å². The summed E-state index contributed by atoms with van der Waals surface area (Å²) < 4.78 is 26.5. The SMILES string of the molecule is CC(=O)SCCC=Cc1cc(F)c(C=O)c(F)c1. The summed E-state index contributed by atoms with van der Waals surface area (Å²) in [5.74, 6) is -1.12. The maximum atomic E-state index is 13.2. The van der Waals surface area contributed by atoms with Gasteiger partial charge in [-0.15, -0.1) is 0 Å². The smallest absolute Gasteiger partial charge is 0.185 e. The van der Waals surface area contributed by atoms with Gasteiger partial charge in [0.05, 0.1) is 5.56 Å². The van der Waals surface area contributed by atoms with E-state index in [0.717, 1.165) is 12.1 Å². The van der Waals surface area contributed by atoms with E-state index in [1.54, 1.807) is 12.2 Å². The summed E-state index contributed by atoms with van der Waals surface area (Å²) in [5.41, 5.74) is -0.206. The molecule has 0 aliphatic rings. The number of hydrogen-bond donors (Lipinski definition) is 0. The number of allylic oxidation sites excluding steroid dienone is 1. The Hall–Kier alpha value is -1.49. The van der Waals surface area contributed by atoms with Crippen LogP contribution in [0.1, 0.15) is 29.3 Å². The third kappa shape index (κ3) is 4.41. The van der Waals surface area contributed by atoms with Crippen LogP contribution in [0.2, 0.25) is 0 Å². The summed E-state index contributed by atoms with van der Waals surface area (Å²) in [6, 6.07) is 2.20. The lowest BCUT2D eigenvalue weighted by molar-refractivity contribution is -0.109. The summed E-state index contributed by atoms with van der Waals surface area (Å²) in [7, 11) is 0. The van der Waals surface area contributed by atoms with Gasteiger partial charge < -0.3 is 0 Å². The highest BCUT2D eigenvalue weighted by Gasteiger charge is 2.08. The first-order chi connectivity index (χ1) is 8.54. The lowest BCUT2D eigenvalue weighted by Crippen LogP contribution is -1.94. The average Bonchev–Trinajstić information content (AvgIpc) is 2.27. The zero-order valence-corrected chi connectivity index (χ0v) is 10.6. The maximum absolute atomic E-state index is 13.2. The Labute approximate surface area is 108 Å². The number of hydrogen-bond acceptors (Lipinski definition) is 3. The molecule has 0 aromatic heterocycles. The molecular weight excluding hydrogens is 258 g/mol. The fraction of sp³-hybridized carbons (Fsp3) is 0.231. The van der Waals surface area contributed by atoms with Crippen LogP contribution in [0.25, 0.3) is 6.08 Å². The van der Waals surface area contributed by atoms with Crippen molar-refractivity contribution in [3.8, 4) is 0 Å². The molecule has 5 heteroatoms. The second-order valence-electron chi connectivity index (χ2n) is 3.55. The van der Waals surface area contributed by atoms with Crippen LogP contribution in [0.15, 0.2) is 18.2 Å². The predicted molar refractivity (Wildman–Crippen MR) is 68.5 cm³/mol. The molecule has 0 saturated heterocycles. The molecule has 0 bridgehead atoms. The number of carbonyl (C=O) groups is 2. The van der Waals surface area contributed by atoms with E-state index in [9.17, 15) is 18.4 Å². The monoisotopic (exact) mass is 270 g/mol. The Bertz CT molecular complexity index is 461. The molecule has 0 radical (unpaired) electrons. The molecule has 0 aliphatic carbocycles. The Morgan fingerprint density at radius 3 is 2.44 bits per heavy atom. The van der Waals surface area contributed by atoms with Gasteiger partial charge >= 0.3 is 0 Å². The lowest BCUT2D eigenvalue weighted by atomic mass is 10.1. The summed E-state index contributed by atoms with van der Waals surface area (Å²) in [4.78, 5) is 21.0. The number of halogens is 2. The fourth-order valence-corrected chi connectivity index (χ4v) is 1.84. The van der Waals surface area contributed by atoms with Crippen LogP contribution in [0, 0.1) is 11.6 Å². The van der Waals surface area contributed by atoms with E-state index in [1.807, 2.05) is 0 Å². The first-order valence-electron chi connectivity index (χ1n) is 5.28. The van der Waals surface area contributed by atoms with Gasteiger partial charge in [-0.2, -0.15) is 0 Å². The number of aldehydes is 1. The number of rotatable bonds is 5. The van der Waals surface area contributed by atoms with Crippen LogP contribution < -0.4 is 0 Å². The van der Waals surface area contributed by atoms with E-state index in [-0.39, 0.29) is 11.4 Å². The van der Waals surface area contributed by atoms with Crippen molar-refractivity contribution in [1.82, 2.24) is 0 Å². The molecule has 0 saturated carbocycles. The molecule has 1 aromatic rings. The summed E-state index contributed by atoms with van der Waals surface area (Å²) >= 11 is 1.19. The minimum Gasteiger partial charge on any atom is -0.298 e. The Balaban J connectivity index is 2.65. The van der Waals surface area contributed by atoms with Gasteiger partial charge in [0, 0.05) is 12.7 Å². The molecular formula is C13H12F2O2S. The molecule has 96 valence electrons. The first-order valence-corrected chi connectivity index (χ1v) is 6.27. The second kappa shape index (κ2) is 7.06. The third-order valence-corrected chi connectivity index (χ3v) is 2.97. The van der Waals surface area contributed by atoms with Crippen LogP contribution in [0.5, 0.6) is 0 Å². The number of thioether (sulfide) groups is 1. The minimum absolute atomic E-state index is 0.0378. The highest BCUT2D eigenvalue weighted by Crippen LogP contribution is 2.15. The van der Waals surface area contributed by atoms with E-state index in [4.69, 9.17) is 0 Å². The number of benzene rings is 1. The molecule has 0 unspecified atom stereocenters. The largest absolute Gasteiger partial charge is 0.298 e. The average molecular weight is 270 g/mol. The van der Waals surface area contributed by atoms with Gasteiger partial charge in [0.1, 0.15) is 11.6 Å². The molecule has 0 atom stereocenters. The zero-order chi connectivity index (χ0) is 13.5. The van der Waals surface area contributed by atoms with Gasteiger partial charge in [0.15, 0.2) is 11.4 Å². The van der Waals surface area contributed by atoms with Crippen LogP contribution in [-0.4, -0.2) is 17.2 Å². The van der Waals surface area contributed by atoms with Gasteiger partial charge in [-0.05, 0) is 24.1 Å². The fourth-order valence-electron chi connectivity index (χ4n) is 1.30. The van der Waals surface area contributed by atoms with E-state index < -0.39 is 17.2 Å². The van der Waals surface area contributed by atoms with Gasteiger partial charge in [0.2, 0.25) is 0 Å². The molecule has 0 amide bonds. The van der Waals surface area contributed by atoms with Crippen LogP contribution in [0.4, 0.5) is 8.78 Å². The minimum atomic E-state index is -0.872. The molecule has 1 aromatic carbocycles. The molecule has 0 N–H and O–H groups in total. The van der Waals surface area contributed by atoms with Crippen molar-refractivity contribution in [1.29, 1.82) is 0 Å². The van der Waals surface area contributed by atoms with Crippen molar-refractivity contribution in [2.45, 2.75) is 13.3 Å². The quantitative estimate of drug-likeness (QED) is 0.607. The Morgan fingerprint density at radius 2 is 1.94 bits per heavy atom. The standard InChI is InChI=1S/C13H12F2O2S/c1-9(17)18-5-3-2-4-10-6-12(14)11(8-16)13(15)7-10/h2,4,6-8H,3,5H2,1H3. The Kier molecular flexibility index (Phi) is 5.71. The molecule has 0 heterocycles. The van der Waals surface area contributed by atoms with Crippen LogP contribution >= 0.6 is 11.8 Å². The van der Waals surface area contributed by atoms with Gasteiger partial charge in [0.25, 0.3) is 0 Å². The normalized spacial score (nSPS) is 10.8. The summed E-state index contributed by atoms with van der Waals surface area (Å²) in [6.07, 6.45) is 4.07. The van der Waals surface area contributed by atoms with Crippen molar-refractivity contribution < 1.29 is 18.4 Å². The molecule has 0 aliphatic heterocycles. The molecule has 2 nitrogen and oxygen atoms in total. The van der Waals surface area contributed by atoms with Crippen molar-refractivity contribution in [2.24, 2.45) is 0 Å². The molecule has 1 rings (SSSR count). The topological polar surface area (TPSA) is 34.1 Å². The van der Waals surface area contributed by atoms with Crippen LogP contribution in [-0.2, 0) is 4.79 Å². The molecule has 0 fully saturated rings. The zero-order valence-electron chi connectivity index (χ0n) is 9.78. The molecule has 0 spiro atoms. The third-order valence-electron chi connectivity index (χ3n) is 2.12. The van der Waals surface area contributed by atoms with Crippen molar-refractivity contribution >= 4 is 29.2 Å². The number of carbonyl (C=O) groups excluding carboxylic acids is 2. The van der Waals surface area contributed by atoms with E-state index in [1.165, 1.54) is 18.7 Å². The highest BCUT2D eigenvalue weighted by atomic mass is 32.2. The highest BCUT2D eigenvalue weighted by molar-refractivity contribution is 8.13. The van der Waals surface area contributed by atoms with Crippen molar-refractivity contribution in [3.05, 3.63) is 41.0 Å². The first kappa shape index (κ1) is 14.6. The second-order valence-corrected chi connectivity index (χ2v) is 4.82. The predicted octanol–water partition coefficient (Wildman–Crippen LogP) is 3.46.